The van der Waals surface area contributed by atoms with Crippen molar-refractivity contribution in [2.45, 2.75) is 19.3 Å². The zero-order valence-corrected chi connectivity index (χ0v) is 14.3. The van der Waals surface area contributed by atoms with Gasteiger partial charge in [0.2, 0.25) is 5.91 Å². The molecule has 24 heavy (non-hydrogen) atoms. The Morgan fingerprint density at radius 2 is 2.17 bits per heavy atom. The Kier molecular flexibility index (Phi) is 6.11. The minimum Gasteiger partial charge on any atom is -0.493 e. The van der Waals surface area contributed by atoms with Crippen LogP contribution in [0.4, 0.5) is 0 Å². The number of nitriles is 2. The van der Waals surface area contributed by atoms with Crippen LogP contribution in [-0.2, 0) is 4.79 Å². The molecular weight excluding hydrogens is 326 g/mol. The fourth-order valence-corrected chi connectivity index (χ4v) is 3.24. The molecule has 0 unspecified atom stereocenters. The maximum Gasteiger partial charge on any atom is 0.225 e. The number of carbonyl (C=O) groups excluding carboxylic acids is 1. The van der Waals surface area contributed by atoms with Gasteiger partial charge in [0.15, 0.2) is 11.5 Å². The first-order valence-electron chi connectivity index (χ1n) is 7.39. The van der Waals surface area contributed by atoms with Gasteiger partial charge in [-0.1, -0.05) is 17.8 Å². The van der Waals surface area contributed by atoms with E-state index in [1.165, 1.54) is 0 Å². The summed E-state index contributed by atoms with van der Waals surface area (Å²) >= 11 is 1.16. The lowest BCUT2D eigenvalue weighted by Gasteiger charge is -2.25. The third-order valence-corrected chi connectivity index (χ3v) is 4.41. The van der Waals surface area contributed by atoms with Crippen LogP contribution in [0.2, 0.25) is 0 Å². The van der Waals surface area contributed by atoms with Crippen LogP contribution < -0.4 is 14.8 Å². The van der Waals surface area contributed by atoms with Crippen LogP contribution in [0, 0.1) is 22.7 Å². The molecule has 0 aromatic heterocycles. The Morgan fingerprint density at radius 1 is 1.38 bits per heavy atom. The summed E-state index contributed by atoms with van der Waals surface area (Å²) in [5, 5.41) is 21.4. The molecule has 1 amide bonds. The van der Waals surface area contributed by atoms with Crippen LogP contribution >= 0.6 is 11.8 Å². The van der Waals surface area contributed by atoms with Gasteiger partial charge in [0.25, 0.3) is 0 Å². The Bertz CT molecular complexity index is 746. The van der Waals surface area contributed by atoms with Crippen LogP contribution in [0.5, 0.6) is 11.5 Å². The third-order valence-electron chi connectivity index (χ3n) is 3.53. The zero-order chi connectivity index (χ0) is 17.5. The van der Waals surface area contributed by atoms with E-state index in [4.69, 9.17) is 14.7 Å². The number of allylic oxidation sites excluding steroid dienone is 1. The highest BCUT2D eigenvalue weighted by Crippen LogP contribution is 2.39. The molecule has 6 nitrogen and oxygen atoms in total. The van der Waals surface area contributed by atoms with Gasteiger partial charge in [-0.15, -0.1) is 0 Å². The van der Waals surface area contributed by atoms with E-state index in [0.717, 1.165) is 17.3 Å². The van der Waals surface area contributed by atoms with Gasteiger partial charge >= 0.3 is 0 Å². The van der Waals surface area contributed by atoms with Crippen LogP contribution in [-0.4, -0.2) is 25.4 Å². The molecular formula is C17H17N3O3S. The van der Waals surface area contributed by atoms with Crippen LogP contribution in [0.25, 0.3) is 0 Å². The van der Waals surface area contributed by atoms with E-state index >= 15 is 0 Å². The van der Waals surface area contributed by atoms with Crippen molar-refractivity contribution in [1.82, 2.24) is 5.32 Å². The summed E-state index contributed by atoms with van der Waals surface area (Å²) in [4.78, 5) is 12.0. The van der Waals surface area contributed by atoms with Gasteiger partial charge in [-0.2, -0.15) is 10.5 Å². The molecule has 0 bridgehead atoms. The number of carbonyl (C=O) groups is 1. The largest absolute Gasteiger partial charge is 0.493 e. The number of thioether (sulfide) groups is 1. The SMILES string of the molecule is CCOc1ccc([C@H]2CC(=O)NC(SCC#N)=C2C#N)cc1OC. The van der Waals surface area contributed by atoms with Crippen molar-refractivity contribution in [1.29, 1.82) is 10.5 Å². The molecule has 0 aliphatic carbocycles. The van der Waals surface area contributed by atoms with Gasteiger partial charge in [-0.25, -0.2) is 0 Å². The number of methoxy groups -OCH3 is 1. The summed E-state index contributed by atoms with van der Waals surface area (Å²) in [5.41, 5.74) is 1.26. The Balaban J connectivity index is 2.43. The fourth-order valence-electron chi connectivity index (χ4n) is 2.50. The molecule has 0 radical (unpaired) electrons. The van der Waals surface area contributed by atoms with Gasteiger partial charge in [-0.3, -0.25) is 4.79 Å². The van der Waals surface area contributed by atoms with Crippen molar-refractivity contribution >= 4 is 17.7 Å². The lowest BCUT2D eigenvalue weighted by molar-refractivity contribution is -0.120. The minimum atomic E-state index is -0.366. The summed E-state index contributed by atoms with van der Waals surface area (Å²) in [7, 11) is 1.55. The second-order valence-corrected chi connectivity index (χ2v) is 5.94. The molecule has 1 aliphatic rings. The first-order valence-corrected chi connectivity index (χ1v) is 8.37. The van der Waals surface area contributed by atoms with Crippen LogP contribution in [0.3, 0.4) is 0 Å². The van der Waals surface area contributed by atoms with Gasteiger partial charge in [0.05, 0.1) is 42.2 Å². The molecule has 1 atom stereocenters. The standard InChI is InChI=1S/C17H17N3O3S/c1-3-23-14-5-4-11(8-15(14)22-2)12-9-16(21)20-17(13(12)10-19)24-7-6-18/h4-5,8,12H,3,7,9H2,1-2H3,(H,20,21)/t12-/m1/s1. The molecule has 0 saturated carbocycles. The van der Waals surface area contributed by atoms with E-state index in [2.05, 4.69) is 11.4 Å². The first kappa shape index (κ1) is 17.7. The molecule has 0 fully saturated rings. The Morgan fingerprint density at radius 3 is 2.79 bits per heavy atom. The number of rotatable bonds is 6. The third kappa shape index (κ3) is 3.81. The number of ether oxygens (including phenoxy) is 2. The molecule has 2 rings (SSSR count). The summed E-state index contributed by atoms with van der Waals surface area (Å²) in [6.45, 7) is 2.40. The van der Waals surface area contributed by atoms with Crippen LogP contribution in [0.15, 0.2) is 28.8 Å². The van der Waals surface area contributed by atoms with Crippen molar-refractivity contribution in [2.75, 3.05) is 19.5 Å². The molecule has 1 aliphatic heterocycles. The lowest BCUT2D eigenvalue weighted by atomic mass is 9.87. The van der Waals surface area contributed by atoms with E-state index in [9.17, 15) is 10.1 Å². The summed E-state index contributed by atoms with van der Waals surface area (Å²) in [6.07, 6.45) is 0.177. The van der Waals surface area contributed by atoms with Crippen molar-refractivity contribution in [3.63, 3.8) is 0 Å². The highest BCUT2D eigenvalue weighted by atomic mass is 32.2. The van der Waals surface area contributed by atoms with E-state index in [1.807, 2.05) is 19.1 Å². The quantitative estimate of drug-likeness (QED) is 0.853. The van der Waals surface area contributed by atoms with E-state index in [0.29, 0.717) is 28.7 Å². The van der Waals surface area contributed by atoms with Gasteiger partial charge in [0.1, 0.15) is 0 Å². The molecule has 0 saturated heterocycles. The number of hydrogen-bond donors (Lipinski definition) is 1. The summed E-state index contributed by atoms with van der Waals surface area (Å²) < 4.78 is 10.8. The average molecular weight is 343 g/mol. The maximum absolute atomic E-state index is 12.0. The van der Waals surface area contributed by atoms with E-state index < -0.39 is 0 Å². The number of amides is 1. The Hall–Kier alpha value is -2.64. The normalized spacial score (nSPS) is 16.8. The van der Waals surface area contributed by atoms with Gasteiger partial charge in [-0.05, 0) is 24.6 Å². The number of nitrogens with one attached hydrogen (secondary N) is 1. The van der Waals surface area contributed by atoms with Crippen molar-refractivity contribution in [3.8, 4) is 23.6 Å². The first-order chi connectivity index (χ1) is 11.6. The van der Waals surface area contributed by atoms with Gasteiger partial charge < -0.3 is 14.8 Å². The second-order valence-electron chi connectivity index (χ2n) is 4.95. The molecule has 1 aromatic rings. The van der Waals surface area contributed by atoms with E-state index in [-0.39, 0.29) is 24.0 Å². The fraction of sp³-hybridized carbons (Fsp3) is 0.353. The monoisotopic (exact) mass is 343 g/mol. The molecule has 1 heterocycles. The minimum absolute atomic E-state index is 0.167. The van der Waals surface area contributed by atoms with Crippen molar-refractivity contribution in [3.05, 3.63) is 34.4 Å². The molecule has 0 spiro atoms. The number of nitrogens with zero attached hydrogens (tertiary/aromatic N) is 2. The number of benzene rings is 1. The topological polar surface area (TPSA) is 95.1 Å². The highest BCUT2D eigenvalue weighted by Gasteiger charge is 2.30. The molecule has 7 heteroatoms. The smallest absolute Gasteiger partial charge is 0.225 e. The predicted molar refractivity (Wildman–Crippen MR) is 90.4 cm³/mol. The van der Waals surface area contributed by atoms with E-state index in [1.54, 1.807) is 19.2 Å². The number of hydrogen-bond acceptors (Lipinski definition) is 6. The predicted octanol–water partition coefficient (Wildman–Crippen LogP) is 2.69. The highest BCUT2D eigenvalue weighted by molar-refractivity contribution is 8.03. The van der Waals surface area contributed by atoms with Crippen molar-refractivity contribution in [2.24, 2.45) is 0 Å². The molecule has 1 aromatic carbocycles. The maximum atomic E-state index is 12.0. The lowest BCUT2D eigenvalue weighted by Crippen LogP contribution is -2.30. The molecule has 1 N–H and O–H groups in total. The average Bonchev–Trinajstić information content (AvgIpc) is 2.60. The van der Waals surface area contributed by atoms with Gasteiger partial charge in [0, 0.05) is 12.3 Å². The summed E-state index contributed by atoms with van der Waals surface area (Å²) in [6, 6.07) is 9.58. The summed E-state index contributed by atoms with van der Waals surface area (Å²) in [5.74, 6) is 0.802. The zero-order valence-electron chi connectivity index (χ0n) is 13.5. The van der Waals surface area contributed by atoms with Crippen LogP contribution in [0.1, 0.15) is 24.8 Å². The molecule has 124 valence electrons. The second kappa shape index (κ2) is 8.28. The van der Waals surface area contributed by atoms with Crippen molar-refractivity contribution < 1.29 is 14.3 Å². The Labute approximate surface area is 145 Å².